The average molecular weight is 462 g/mol. The zero-order chi connectivity index (χ0) is 23.3. The van der Waals surface area contributed by atoms with E-state index in [2.05, 4.69) is 50.0 Å². The van der Waals surface area contributed by atoms with E-state index in [0.717, 1.165) is 94.0 Å². The molecule has 2 aliphatic rings. The maximum Gasteiger partial charge on any atom is 0.317 e. The van der Waals surface area contributed by atoms with Gasteiger partial charge in [0, 0.05) is 37.1 Å². The van der Waals surface area contributed by atoms with Gasteiger partial charge in [0.2, 0.25) is 0 Å². The summed E-state index contributed by atoms with van der Waals surface area (Å²) in [6.07, 6.45) is 5.57. The fraction of sp³-hybridized carbons (Fsp3) is 0.444. The molecular formula is C27H35N5O2. The van der Waals surface area contributed by atoms with Crippen LogP contribution in [0.2, 0.25) is 0 Å². The molecule has 0 atom stereocenters. The smallest absolute Gasteiger partial charge is 0.317 e. The Kier molecular flexibility index (Phi) is 6.90. The summed E-state index contributed by atoms with van der Waals surface area (Å²) in [6.45, 7) is 7.10. The second-order valence-electron chi connectivity index (χ2n) is 9.34. The number of hydrogen-bond donors (Lipinski definition) is 2. The summed E-state index contributed by atoms with van der Waals surface area (Å²) < 4.78 is 8.23. The molecule has 0 unspecified atom stereocenters. The van der Waals surface area contributed by atoms with Gasteiger partial charge in [0.25, 0.3) is 0 Å². The van der Waals surface area contributed by atoms with Gasteiger partial charge in [0.05, 0.1) is 12.3 Å². The number of nitrogens with one attached hydrogen (secondary N) is 1. The number of fused-ring (bicyclic) bond motifs is 2. The minimum Gasteiger partial charge on any atom is -0.491 e. The first-order valence-corrected chi connectivity index (χ1v) is 12.6. The molecule has 3 N–H and O–H groups in total. The van der Waals surface area contributed by atoms with Crippen molar-refractivity contribution in [3.8, 4) is 5.75 Å². The minimum atomic E-state index is -0.525. The van der Waals surface area contributed by atoms with Crippen molar-refractivity contribution in [1.82, 2.24) is 9.47 Å². The zero-order valence-corrected chi connectivity index (χ0v) is 19.8. The molecule has 2 aromatic carbocycles. The van der Waals surface area contributed by atoms with E-state index >= 15 is 0 Å². The normalized spacial score (nSPS) is 16.6. The molecule has 1 aromatic heterocycles. The summed E-state index contributed by atoms with van der Waals surface area (Å²) >= 11 is 0. The molecule has 34 heavy (non-hydrogen) atoms. The van der Waals surface area contributed by atoms with Crippen molar-refractivity contribution in [3.63, 3.8) is 0 Å². The van der Waals surface area contributed by atoms with Gasteiger partial charge >= 0.3 is 6.03 Å². The van der Waals surface area contributed by atoms with Crippen LogP contribution in [0, 0.1) is 0 Å². The number of benzene rings is 2. The average Bonchev–Trinajstić information content (AvgIpc) is 3.01. The SMILES string of the molecule is NC(=O)Nc1cc2ccccc2n1CCCCN1CCCN(c2cccc3c2OCCC3)CC1. The van der Waals surface area contributed by atoms with Crippen molar-refractivity contribution in [2.45, 2.75) is 38.6 Å². The standard InChI is InChI=1S/C27H35N5O2/c28-27(33)29-25-20-22-8-1-2-11-23(22)32(25)16-4-3-13-30-14-7-15-31(18-17-30)24-12-5-9-21-10-6-19-34-26(21)24/h1-2,5,8-9,11-12,20H,3-4,6-7,10,13-19H2,(H3,28,29,33). The van der Waals surface area contributed by atoms with Crippen molar-refractivity contribution in [2.75, 3.05) is 49.5 Å². The topological polar surface area (TPSA) is 75.8 Å². The number of nitrogens with zero attached hydrogens (tertiary/aromatic N) is 3. The summed E-state index contributed by atoms with van der Waals surface area (Å²) in [5.41, 5.74) is 9.15. The van der Waals surface area contributed by atoms with Gasteiger partial charge in [-0.05, 0) is 69.0 Å². The molecular weight excluding hydrogens is 426 g/mol. The van der Waals surface area contributed by atoms with Crippen LogP contribution in [-0.2, 0) is 13.0 Å². The van der Waals surface area contributed by atoms with Crippen molar-refractivity contribution >= 4 is 28.4 Å². The molecule has 0 radical (unpaired) electrons. The lowest BCUT2D eigenvalue weighted by Crippen LogP contribution is -2.32. The Bertz CT molecular complexity index is 1140. The second kappa shape index (κ2) is 10.4. The first kappa shape index (κ1) is 22.6. The van der Waals surface area contributed by atoms with E-state index in [9.17, 15) is 4.79 Å². The van der Waals surface area contributed by atoms with Gasteiger partial charge in [-0.25, -0.2) is 4.79 Å². The quantitative estimate of drug-likeness (QED) is 0.510. The number of aryl methyl sites for hydroxylation is 2. The van der Waals surface area contributed by atoms with Gasteiger partial charge in [-0.1, -0.05) is 30.3 Å². The van der Waals surface area contributed by atoms with Crippen LogP contribution in [0.25, 0.3) is 10.9 Å². The summed E-state index contributed by atoms with van der Waals surface area (Å²) in [4.78, 5) is 16.6. The number of urea groups is 1. The van der Waals surface area contributed by atoms with Crippen LogP contribution >= 0.6 is 0 Å². The summed E-state index contributed by atoms with van der Waals surface area (Å²) in [7, 11) is 0. The number of primary amides is 1. The molecule has 7 nitrogen and oxygen atoms in total. The third-order valence-electron chi connectivity index (χ3n) is 7.01. The number of carbonyl (C=O) groups is 1. The highest BCUT2D eigenvalue weighted by Crippen LogP contribution is 2.36. The van der Waals surface area contributed by atoms with Crippen molar-refractivity contribution in [2.24, 2.45) is 5.73 Å². The van der Waals surface area contributed by atoms with E-state index in [1.807, 2.05) is 18.2 Å². The first-order valence-electron chi connectivity index (χ1n) is 12.6. The molecule has 180 valence electrons. The predicted molar refractivity (Wildman–Crippen MR) is 138 cm³/mol. The van der Waals surface area contributed by atoms with Crippen LogP contribution in [0.3, 0.4) is 0 Å². The van der Waals surface area contributed by atoms with Crippen LogP contribution in [-0.4, -0.2) is 54.8 Å². The Morgan fingerprint density at radius 1 is 0.971 bits per heavy atom. The molecule has 7 heteroatoms. The lowest BCUT2D eigenvalue weighted by atomic mass is 10.0. The third-order valence-corrected chi connectivity index (χ3v) is 7.01. The Hall–Kier alpha value is -3.19. The third kappa shape index (κ3) is 4.99. The van der Waals surface area contributed by atoms with Gasteiger partial charge < -0.3 is 24.8 Å². The van der Waals surface area contributed by atoms with Crippen LogP contribution in [0.15, 0.2) is 48.5 Å². The van der Waals surface area contributed by atoms with Gasteiger partial charge in [-0.3, -0.25) is 5.32 Å². The van der Waals surface area contributed by atoms with E-state index < -0.39 is 6.03 Å². The monoisotopic (exact) mass is 461 g/mol. The molecule has 3 aromatic rings. The maximum atomic E-state index is 11.5. The number of para-hydroxylation sites is 2. The van der Waals surface area contributed by atoms with Crippen LogP contribution in [0.5, 0.6) is 5.75 Å². The molecule has 2 amide bonds. The van der Waals surface area contributed by atoms with E-state index in [0.29, 0.717) is 0 Å². The number of amides is 2. The summed E-state index contributed by atoms with van der Waals surface area (Å²) in [6, 6.07) is 16.3. The van der Waals surface area contributed by atoms with Crippen LogP contribution < -0.4 is 20.7 Å². The minimum absolute atomic E-state index is 0.525. The number of hydrogen-bond acceptors (Lipinski definition) is 4. The Morgan fingerprint density at radius 3 is 2.76 bits per heavy atom. The van der Waals surface area contributed by atoms with Gasteiger partial charge in [0.1, 0.15) is 11.6 Å². The molecule has 5 rings (SSSR count). The highest BCUT2D eigenvalue weighted by molar-refractivity contribution is 5.92. The van der Waals surface area contributed by atoms with Crippen LogP contribution in [0.4, 0.5) is 16.3 Å². The van der Waals surface area contributed by atoms with Gasteiger partial charge in [-0.2, -0.15) is 0 Å². The summed E-state index contributed by atoms with van der Waals surface area (Å²) in [5.74, 6) is 1.88. The number of ether oxygens (including phenoxy) is 1. The first-order chi connectivity index (χ1) is 16.7. The molecule has 1 fully saturated rings. The Morgan fingerprint density at radius 2 is 1.85 bits per heavy atom. The van der Waals surface area contributed by atoms with E-state index in [-0.39, 0.29) is 0 Å². The lowest BCUT2D eigenvalue weighted by Gasteiger charge is -2.28. The highest BCUT2D eigenvalue weighted by Gasteiger charge is 2.21. The molecule has 0 bridgehead atoms. The van der Waals surface area contributed by atoms with Crippen molar-refractivity contribution in [1.29, 1.82) is 0 Å². The van der Waals surface area contributed by atoms with E-state index in [1.54, 1.807) is 0 Å². The number of aromatic nitrogens is 1. The Labute approximate surface area is 201 Å². The van der Waals surface area contributed by atoms with E-state index in [4.69, 9.17) is 10.5 Å². The zero-order valence-electron chi connectivity index (χ0n) is 19.8. The number of nitrogens with two attached hydrogens (primary N) is 1. The molecule has 0 saturated carbocycles. The van der Waals surface area contributed by atoms with Crippen LogP contribution in [0.1, 0.15) is 31.2 Å². The predicted octanol–water partition coefficient (Wildman–Crippen LogP) is 4.45. The number of carbonyl (C=O) groups excluding carboxylic acids is 1. The number of rotatable bonds is 7. The second-order valence-corrected chi connectivity index (χ2v) is 9.34. The molecule has 0 spiro atoms. The Balaban J connectivity index is 1.15. The molecule has 3 heterocycles. The van der Waals surface area contributed by atoms with Crippen molar-refractivity contribution < 1.29 is 9.53 Å². The number of anilines is 2. The highest BCUT2D eigenvalue weighted by atomic mass is 16.5. The maximum absolute atomic E-state index is 11.5. The van der Waals surface area contributed by atoms with E-state index in [1.165, 1.54) is 17.7 Å². The van der Waals surface area contributed by atoms with Gasteiger partial charge in [-0.15, -0.1) is 0 Å². The lowest BCUT2D eigenvalue weighted by molar-refractivity contribution is 0.259. The summed E-state index contributed by atoms with van der Waals surface area (Å²) in [5, 5.41) is 3.90. The van der Waals surface area contributed by atoms with Gasteiger partial charge in [0.15, 0.2) is 0 Å². The largest absolute Gasteiger partial charge is 0.491 e. The molecule has 0 aliphatic carbocycles. The fourth-order valence-electron chi connectivity index (χ4n) is 5.34. The fourth-order valence-corrected chi connectivity index (χ4v) is 5.34. The molecule has 2 aliphatic heterocycles. The number of unbranched alkanes of at least 4 members (excludes halogenated alkanes) is 1. The molecule has 1 saturated heterocycles. The van der Waals surface area contributed by atoms with Crippen molar-refractivity contribution in [3.05, 3.63) is 54.1 Å².